The van der Waals surface area contributed by atoms with Crippen LogP contribution in [0.1, 0.15) is 29.8 Å². The number of nitrogens with one attached hydrogen (secondary N) is 1. The third-order valence-electron chi connectivity index (χ3n) is 3.76. The second-order valence-electron chi connectivity index (χ2n) is 5.23. The summed E-state index contributed by atoms with van der Waals surface area (Å²) in [5.74, 6) is 0. The van der Waals surface area contributed by atoms with Gasteiger partial charge in [0.15, 0.2) is 0 Å². The molecule has 0 saturated heterocycles. The van der Waals surface area contributed by atoms with Gasteiger partial charge < -0.3 is 10.2 Å². The molecule has 1 unspecified atom stereocenters. The van der Waals surface area contributed by atoms with Crippen LogP contribution in [-0.4, -0.2) is 19.1 Å². The van der Waals surface area contributed by atoms with E-state index in [0.29, 0.717) is 0 Å². The molecule has 106 valence electrons. The molecule has 0 aliphatic rings. The van der Waals surface area contributed by atoms with Gasteiger partial charge in [-0.2, -0.15) is 0 Å². The van der Waals surface area contributed by atoms with Crippen molar-refractivity contribution in [3.63, 3.8) is 0 Å². The third-order valence-corrected chi connectivity index (χ3v) is 3.76. The quantitative estimate of drug-likeness (QED) is 0.902. The summed E-state index contributed by atoms with van der Waals surface area (Å²) in [5, 5.41) is 3.20. The van der Waals surface area contributed by atoms with E-state index in [1.165, 1.54) is 11.1 Å². The first kappa shape index (κ1) is 14.5. The Morgan fingerprint density at radius 3 is 2.55 bits per heavy atom. The molecule has 0 bridgehead atoms. The molecule has 1 atom stereocenters. The van der Waals surface area contributed by atoms with Gasteiger partial charge in [0.1, 0.15) is 0 Å². The van der Waals surface area contributed by atoms with E-state index in [1.54, 1.807) is 0 Å². The molecule has 2 aromatic rings. The summed E-state index contributed by atoms with van der Waals surface area (Å²) in [6.45, 7) is 5.16. The Kier molecular flexibility index (Phi) is 4.74. The third kappa shape index (κ3) is 3.36. The molecule has 0 radical (unpaired) electrons. The Hall–Kier alpha value is -1.87. The SMILES string of the molecule is CNC(C)c1ccc(N(C)Cc2ccccc2C)cn1. The zero-order chi connectivity index (χ0) is 14.5. The summed E-state index contributed by atoms with van der Waals surface area (Å²) >= 11 is 0. The molecule has 1 aromatic carbocycles. The van der Waals surface area contributed by atoms with Gasteiger partial charge in [0.2, 0.25) is 0 Å². The van der Waals surface area contributed by atoms with Crippen LogP contribution in [0.3, 0.4) is 0 Å². The molecule has 0 spiro atoms. The fourth-order valence-electron chi connectivity index (χ4n) is 2.16. The number of nitrogens with zero attached hydrogens (tertiary/aromatic N) is 2. The van der Waals surface area contributed by atoms with Gasteiger partial charge in [-0.1, -0.05) is 24.3 Å². The van der Waals surface area contributed by atoms with E-state index in [0.717, 1.165) is 17.9 Å². The molecule has 1 heterocycles. The van der Waals surface area contributed by atoms with Gasteiger partial charge in [0.05, 0.1) is 17.6 Å². The van der Waals surface area contributed by atoms with Crippen molar-refractivity contribution in [1.82, 2.24) is 10.3 Å². The van der Waals surface area contributed by atoms with Crippen molar-refractivity contribution >= 4 is 5.69 Å². The summed E-state index contributed by atoms with van der Waals surface area (Å²) in [5.41, 5.74) is 4.89. The van der Waals surface area contributed by atoms with Crippen LogP contribution in [0.4, 0.5) is 5.69 Å². The number of rotatable bonds is 5. The lowest BCUT2D eigenvalue weighted by Gasteiger charge is -2.21. The van der Waals surface area contributed by atoms with E-state index < -0.39 is 0 Å². The van der Waals surface area contributed by atoms with E-state index in [1.807, 2.05) is 13.2 Å². The highest BCUT2D eigenvalue weighted by Crippen LogP contribution is 2.18. The van der Waals surface area contributed by atoms with Crippen LogP contribution in [0.15, 0.2) is 42.6 Å². The largest absolute Gasteiger partial charge is 0.369 e. The average molecular weight is 269 g/mol. The van der Waals surface area contributed by atoms with E-state index in [4.69, 9.17) is 0 Å². The lowest BCUT2D eigenvalue weighted by atomic mass is 10.1. The molecule has 0 aliphatic heterocycles. The molecule has 0 aliphatic carbocycles. The van der Waals surface area contributed by atoms with Gasteiger partial charge in [-0.05, 0) is 44.2 Å². The van der Waals surface area contributed by atoms with Crippen molar-refractivity contribution in [2.75, 3.05) is 19.0 Å². The number of anilines is 1. The molecule has 3 heteroatoms. The molecule has 1 aromatic heterocycles. The zero-order valence-corrected chi connectivity index (χ0v) is 12.7. The van der Waals surface area contributed by atoms with Crippen molar-refractivity contribution in [3.8, 4) is 0 Å². The second kappa shape index (κ2) is 6.53. The lowest BCUT2D eigenvalue weighted by Crippen LogP contribution is -2.18. The number of aryl methyl sites for hydroxylation is 1. The number of pyridine rings is 1. The molecule has 0 amide bonds. The van der Waals surface area contributed by atoms with Crippen molar-refractivity contribution in [2.24, 2.45) is 0 Å². The monoisotopic (exact) mass is 269 g/mol. The van der Waals surface area contributed by atoms with Gasteiger partial charge in [-0.15, -0.1) is 0 Å². The van der Waals surface area contributed by atoms with Crippen LogP contribution in [0, 0.1) is 6.92 Å². The highest BCUT2D eigenvalue weighted by molar-refractivity contribution is 5.45. The fourth-order valence-corrected chi connectivity index (χ4v) is 2.16. The minimum atomic E-state index is 0.283. The lowest BCUT2D eigenvalue weighted by molar-refractivity contribution is 0.632. The number of hydrogen-bond acceptors (Lipinski definition) is 3. The number of aromatic nitrogens is 1. The van der Waals surface area contributed by atoms with Gasteiger partial charge >= 0.3 is 0 Å². The zero-order valence-electron chi connectivity index (χ0n) is 12.7. The van der Waals surface area contributed by atoms with Crippen LogP contribution >= 0.6 is 0 Å². The Labute approximate surface area is 121 Å². The van der Waals surface area contributed by atoms with Gasteiger partial charge in [-0.3, -0.25) is 4.98 Å². The Morgan fingerprint density at radius 1 is 1.20 bits per heavy atom. The van der Waals surface area contributed by atoms with E-state index in [-0.39, 0.29) is 6.04 Å². The number of hydrogen-bond donors (Lipinski definition) is 1. The van der Waals surface area contributed by atoms with Crippen LogP contribution in [0.25, 0.3) is 0 Å². The first-order chi connectivity index (χ1) is 9.61. The summed E-state index contributed by atoms with van der Waals surface area (Å²) in [6, 6.07) is 13.0. The first-order valence-electron chi connectivity index (χ1n) is 7.00. The van der Waals surface area contributed by atoms with Crippen molar-refractivity contribution in [1.29, 1.82) is 0 Å². The predicted molar refractivity (Wildman–Crippen MR) is 85.0 cm³/mol. The Morgan fingerprint density at radius 2 is 1.95 bits per heavy atom. The Balaban J connectivity index is 2.10. The van der Waals surface area contributed by atoms with Crippen LogP contribution in [0.2, 0.25) is 0 Å². The molecule has 3 nitrogen and oxygen atoms in total. The topological polar surface area (TPSA) is 28.2 Å². The summed E-state index contributed by atoms with van der Waals surface area (Å²) in [7, 11) is 4.05. The molecular weight excluding hydrogens is 246 g/mol. The molecule has 20 heavy (non-hydrogen) atoms. The highest BCUT2D eigenvalue weighted by Gasteiger charge is 2.07. The maximum Gasteiger partial charge on any atom is 0.0571 e. The van der Waals surface area contributed by atoms with Crippen LogP contribution in [-0.2, 0) is 6.54 Å². The molecule has 2 rings (SSSR count). The van der Waals surface area contributed by atoms with Crippen molar-refractivity contribution < 1.29 is 0 Å². The standard InChI is InChI=1S/C17H23N3/c1-13-7-5-6-8-15(13)12-20(4)16-9-10-17(19-11-16)14(2)18-3/h5-11,14,18H,12H2,1-4H3. The fraction of sp³-hybridized carbons (Fsp3) is 0.353. The van der Waals surface area contributed by atoms with Crippen LogP contribution < -0.4 is 10.2 Å². The normalized spacial score (nSPS) is 12.2. The van der Waals surface area contributed by atoms with Crippen molar-refractivity contribution in [3.05, 3.63) is 59.4 Å². The summed E-state index contributed by atoms with van der Waals surface area (Å²) < 4.78 is 0. The molecular formula is C17H23N3. The van der Waals surface area contributed by atoms with E-state index >= 15 is 0 Å². The maximum atomic E-state index is 4.53. The van der Waals surface area contributed by atoms with E-state index in [2.05, 4.69) is 72.5 Å². The molecule has 1 N–H and O–H groups in total. The summed E-state index contributed by atoms with van der Waals surface area (Å²) in [4.78, 5) is 6.76. The smallest absolute Gasteiger partial charge is 0.0571 e. The Bertz CT molecular complexity index is 548. The second-order valence-corrected chi connectivity index (χ2v) is 5.23. The maximum absolute atomic E-state index is 4.53. The average Bonchev–Trinajstić information content (AvgIpc) is 2.49. The van der Waals surface area contributed by atoms with Crippen LogP contribution in [0.5, 0.6) is 0 Å². The number of benzene rings is 1. The van der Waals surface area contributed by atoms with Crippen molar-refractivity contribution in [2.45, 2.75) is 26.4 Å². The minimum absolute atomic E-state index is 0.283. The highest BCUT2D eigenvalue weighted by atomic mass is 15.1. The summed E-state index contributed by atoms with van der Waals surface area (Å²) in [6.07, 6.45) is 1.95. The molecule has 0 saturated carbocycles. The van der Waals surface area contributed by atoms with Gasteiger partial charge in [-0.25, -0.2) is 0 Å². The predicted octanol–water partition coefficient (Wildman–Crippen LogP) is 3.31. The molecule has 0 fully saturated rings. The van der Waals surface area contributed by atoms with E-state index in [9.17, 15) is 0 Å². The first-order valence-corrected chi connectivity index (χ1v) is 7.00. The van der Waals surface area contributed by atoms with Gasteiger partial charge in [0, 0.05) is 19.6 Å². The van der Waals surface area contributed by atoms with Gasteiger partial charge in [0.25, 0.3) is 0 Å². The minimum Gasteiger partial charge on any atom is -0.369 e.